The van der Waals surface area contributed by atoms with Gasteiger partial charge in [-0.3, -0.25) is 0 Å². The van der Waals surface area contributed by atoms with Gasteiger partial charge in [-0.2, -0.15) is 13.2 Å². The zero-order valence-electron chi connectivity index (χ0n) is 8.05. The Morgan fingerprint density at radius 3 is 2.38 bits per heavy atom. The predicted molar refractivity (Wildman–Crippen MR) is 50.2 cm³/mol. The minimum Gasteiger partial charge on any atom is -0.505 e. The minimum absolute atomic E-state index is 0.535. The first kappa shape index (κ1) is 12.5. The number of halogens is 4. The average molecular weight is 235 g/mol. The standard InChI is InChI=1S/C10H9F4NO/c1-2-7(15)8-5(10(12,13)14)3-4-6(11)9(8)16/h2-4,7,16H,1,15H2/t7-/m1/s1. The van der Waals surface area contributed by atoms with Crippen LogP contribution in [0.15, 0.2) is 24.8 Å². The highest BCUT2D eigenvalue weighted by molar-refractivity contribution is 5.45. The van der Waals surface area contributed by atoms with Crippen LogP contribution in [0.2, 0.25) is 0 Å². The SMILES string of the molecule is C=C[C@@H](N)c1c(C(F)(F)F)ccc(F)c1O. The molecule has 1 atom stereocenters. The fourth-order valence-electron chi connectivity index (χ4n) is 1.28. The molecule has 0 aliphatic carbocycles. The van der Waals surface area contributed by atoms with Crippen LogP contribution in [0.1, 0.15) is 17.2 Å². The molecule has 0 heterocycles. The van der Waals surface area contributed by atoms with Gasteiger partial charge in [-0.05, 0) is 12.1 Å². The lowest BCUT2D eigenvalue weighted by molar-refractivity contribution is -0.138. The van der Waals surface area contributed by atoms with Crippen molar-refractivity contribution in [1.82, 2.24) is 0 Å². The summed E-state index contributed by atoms with van der Waals surface area (Å²) in [5.41, 5.74) is 3.44. The normalized spacial score (nSPS) is 13.6. The molecular formula is C10H9F4NO. The molecule has 16 heavy (non-hydrogen) atoms. The molecule has 88 valence electrons. The van der Waals surface area contributed by atoms with E-state index in [0.29, 0.717) is 12.1 Å². The number of phenols is 1. The number of alkyl halides is 3. The second-order valence-corrected chi connectivity index (χ2v) is 3.12. The van der Waals surface area contributed by atoms with Crippen LogP contribution in [-0.2, 0) is 6.18 Å². The zero-order chi connectivity index (χ0) is 12.5. The number of hydrogen-bond acceptors (Lipinski definition) is 2. The number of aromatic hydroxyl groups is 1. The molecule has 6 heteroatoms. The highest BCUT2D eigenvalue weighted by Crippen LogP contribution is 2.39. The van der Waals surface area contributed by atoms with E-state index >= 15 is 0 Å². The first-order chi connectivity index (χ1) is 7.29. The summed E-state index contributed by atoms with van der Waals surface area (Å²) in [5.74, 6) is -2.25. The third-order valence-electron chi connectivity index (χ3n) is 2.06. The maximum absolute atomic E-state index is 12.9. The lowest BCUT2D eigenvalue weighted by Gasteiger charge is -2.17. The molecule has 0 saturated carbocycles. The molecule has 0 radical (unpaired) electrons. The maximum atomic E-state index is 12.9. The molecule has 0 aromatic heterocycles. The van der Waals surface area contributed by atoms with Crippen molar-refractivity contribution in [2.75, 3.05) is 0 Å². The second-order valence-electron chi connectivity index (χ2n) is 3.12. The van der Waals surface area contributed by atoms with Gasteiger partial charge in [-0.1, -0.05) is 6.08 Å². The van der Waals surface area contributed by atoms with Gasteiger partial charge in [-0.15, -0.1) is 6.58 Å². The lowest BCUT2D eigenvalue weighted by Crippen LogP contribution is -2.16. The Bertz CT molecular complexity index is 414. The van der Waals surface area contributed by atoms with Crippen LogP contribution >= 0.6 is 0 Å². The van der Waals surface area contributed by atoms with Crippen molar-refractivity contribution in [3.8, 4) is 5.75 Å². The van der Waals surface area contributed by atoms with E-state index in [2.05, 4.69) is 6.58 Å². The van der Waals surface area contributed by atoms with Crippen molar-refractivity contribution in [2.24, 2.45) is 5.73 Å². The smallest absolute Gasteiger partial charge is 0.416 e. The molecule has 0 bridgehead atoms. The predicted octanol–water partition coefficient (Wildman–Crippen LogP) is 2.74. The lowest BCUT2D eigenvalue weighted by atomic mass is 9.99. The number of nitrogens with two attached hydrogens (primary N) is 1. The van der Waals surface area contributed by atoms with E-state index in [4.69, 9.17) is 5.73 Å². The van der Waals surface area contributed by atoms with Gasteiger partial charge in [0.1, 0.15) is 0 Å². The summed E-state index contributed by atoms with van der Waals surface area (Å²) in [5, 5.41) is 9.24. The van der Waals surface area contributed by atoms with Crippen LogP contribution in [0.25, 0.3) is 0 Å². The topological polar surface area (TPSA) is 46.2 Å². The van der Waals surface area contributed by atoms with Crippen molar-refractivity contribution >= 4 is 0 Å². The van der Waals surface area contributed by atoms with Crippen molar-refractivity contribution in [2.45, 2.75) is 12.2 Å². The van der Waals surface area contributed by atoms with Gasteiger partial charge in [0.05, 0.1) is 11.6 Å². The zero-order valence-corrected chi connectivity index (χ0v) is 8.05. The Morgan fingerprint density at radius 1 is 1.38 bits per heavy atom. The van der Waals surface area contributed by atoms with E-state index in [-0.39, 0.29) is 0 Å². The maximum Gasteiger partial charge on any atom is 0.416 e. The van der Waals surface area contributed by atoms with Crippen LogP contribution in [0.3, 0.4) is 0 Å². The van der Waals surface area contributed by atoms with E-state index in [1.165, 1.54) is 0 Å². The van der Waals surface area contributed by atoms with Gasteiger partial charge >= 0.3 is 6.18 Å². The first-order valence-electron chi connectivity index (χ1n) is 4.25. The molecule has 0 fully saturated rings. The Kier molecular flexibility index (Phi) is 3.23. The van der Waals surface area contributed by atoms with Crippen molar-refractivity contribution < 1.29 is 22.7 Å². The van der Waals surface area contributed by atoms with Gasteiger partial charge in [0.15, 0.2) is 11.6 Å². The van der Waals surface area contributed by atoms with Gasteiger partial charge in [0.25, 0.3) is 0 Å². The van der Waals surface area contributed by atoms with E-state index < -0.39 is 34.9 Å². The van der Waals surface area contributed by atoms with Crippen LogP contribution in [-0.4, -0.2) is 5.11 Å². The quantitative estimate of drug-likeness (QED) is 0.611. The van der Waals surface area contributed by atoms with Crippen LogP contribution in [0.5, 0.6) is 5.75 Å². The third-order valence-corrected chi connectivity index (χ3v) is 2.06. The summed E-state index contributed by atoms with van der Waals surface area (Å²) < 4.78 is 50.5. The molecular weight excluding hydrogens is 226 g/mol. The molecule has 0 aliphatic heterocycles. The molecule has 2 nitrogen and oxygen atoms in total. The molecule has 1 aromatic carbocycles. The molecule has 3 N–H and O–H groups in total. The molecule has 0 spiro atoms. The fourth-order valence-corrected chi connectivity index (χ4v) is 1.28. The Hall–Kier alpha value is -1.56. The Labute approximate surface area is 89.0 Å². The fraction of sp³-hybridized carbons (Fsp3) is 0.200. The number of hydrogen-bond donors (Lipinski definition) is 2. The van der Waals surface area contributed by atoms with E-state index in [1.807, 2.05) is 0 Å². The third kappa shape index (κ3) is 2.16. The van der Waals surface area contributed by atoms with E-state index in [9.17, 15) is 22.7 Å². The summed E-state index contributed by atoms with van der Waals surface area (Å²) in [6, 6.07) is -0.210. The summed E-state index contributed by atoms with van der Waals surface area (Å²) in [6.07, 6.45) is -3.72. The van der Waals surface area contributed by atoms with Crippen LogP contribution in [0.4, 0.5) is 17.6 Å². The van der Waals surface area contributed by atoms with Crippen molar-refractivity contribution in [3.63, 3.8) is 0 Å². The van der Waals surface area contributed by atoms with Gasteiger partial charge in [0, 0.05) is 5.56 Å². The van der Waals surface area contributed by atoms with E-state index in [1.54, 1.807) is 0 Å². The molecule has 0 aliphatic rings. The minimum atomic E-state index is -4.71. The van der Waals surface area contributed by atoms with Crippen LogP contribution < -0.4 is 5.73 Å². The van der Waals surface area contributed by atoms with Crippen molar-refractivity contribution in [1.29, 1.82) is 0 Å². The van der Waals surface area contributed by atoms with Crippen LogP contribution in [0, 0.1) is 5.82 Å². The molecule has 1 rings (SSSR count). The molecule has 1 aromatic rings. The van der Waals surface area contributed by atoms with E-state index in [0.717, 1.165) is 6.08 Å². The Morgan fingerprint density at radius 2 is 1.94 bits per heavy atom. The molecule has 0 unspecified atom stereocenters. The van der Waals surface area contributed by atoms with Gasteiger partial charge in [0.2, 0.25) is 0 Å². The monoisotopic (exact) mass is 235 g/mol. The number of benzene rings is 1. The second kappa shape index (κ2) is 4.13. The van der Waals surface area contributed by atoms with Gasteiger partial charge in [-0.25, -0.2) is 4.39 Å². The molecule has 0 amide bonds. The summed E-state index contributed by atoms with van der Waals surface area (Å²) >= 11 is 0. The Balaban J connectivity index is 3.51. The highest BCUT2D eigenvalue weighted by Gasteiger charge is 2.36. The number of phenolic OH excluding ortho intramolecular Hbond substituents is 1. The van der Waals surface area contributed by atoms with Gasteiger partial charge < -0.3 is 10.8 Å². The number of rotatable bonds is 2. The summed E-state index contributed by atoms with van der Waals surface area (Å²) in [6.45, 7) is 3.21. The first-order valence-corrected chi connectivity index (χ1v) is 4.25. The molecule has 0 saturated heterocycles. The largest absolute Gasteiger partial charge is 0.505 e. The average Bonchev–Trinajstić information content (AvgIpc) is 2.19. The summed E-state index contributed by atoms with van der Waals surface area (Å²) in [7, 11) is 0. The van der Waals surface area contributed by atoms with Crippen molar-refractivity contribution in [3.05, 3.63) is 41.7 Å². The summed E-state index contributed by atoms with van der Waals surface area (Å²) in [4.78, 5) is 0. The highest BCUT2D eigenvalue weighted by atomic mass is 19.4.